The molecule has 0 aliphatic heterocycles. The quantitative estimate of drug-likeness (QED) is 0.522. The van der Waals surface area contributed by atoms with Crippen LogP contribution >= 0.6 is 0 Å². The molecule has 0 radical (unpaired) electrons. The van der Waals surface area contributed by atoms with Crippen molar-refractivity contribution >= 4 is 28.7 Å². The zero-order valence-electron chi connectivity index (χ0n) is 15.9. The fourth-order valence-corrected chi connectivity index (χ4v) is 3.28. The first-order valence-electron chi connectivity index (χ1n) is 9.05. The number of benzene rings is 3. The molecule has 0 amide bonds. The molecule has 148 valence electrons. The zero-order valence-corrected chi connectivity index (χ0v) is 15.9. The maximum absolute atomic E-state index is 13.3. The highest BCUT2D eigenvalue weighted by atomic mass is 16.5. The minimum Gasteiger partial charge on any atom is -0.478 e. The van der Waals surface area contributed by atoms with E-state index in [4.69, 9.17) is 9.84 Å². The Morgan fingerprint density at radius 2 is 1.50 bits per heavy atom. The number of para-hydroxylation sites is 1. The summed E-state index contributed by atoms with van der Waals surface area (Å²) in [5, 5.41) is 14.3. The summed E-state index contributed by atoms with van der Waals surface area (Å²) in [6.07, 6.45) is 0. The maximum atomic E-state index is 13.3. The van der Waals surface area contributed by atoms with E-state index in [0.29, 0.717) is 16.8 Å². The van der Waals surface area contributed by atoms with Gasteiger partial charge in [-0.15, -0.1) is 0 Å². The number of hydrogen-bond donors (Lipinski definition) is 1. The number of methoxy groups -OCH3 is 1. The van der Waals surface area contributed by atoms with E-state index >= 15 is 0 Å². The molecule has 0 fully saturated rings. The Balaban J connectivity index is 1.87. The number of hydrogen-bond acceptors (Lipinski definition) is 5. The van der Waals surface area contributed by atoms with Gasteiger partial charge in [0, 0.05) is 10.9 Å². The summed E-state index contributed by atoms with van der Waals surface area (Å²) >= 11 is 0. The molecule has 7 heteroatoms. The first-order chi connectivity index (χ1) is 14.5. The molecular formula is C23H16N2O5. The molecule has 0 aliphatic rings. The average Bonchev–Trinajstić information content (AvgIpc) is 3.18. The molecule has 1 N–H and O–H groups in total. The van der Waals surface area contributed by atoms with Crippen molar-refractivity contribution < 1.29 is 24.2 Å². The van der Waals surface area contributed by atoms with Crippen LogP contribution < -0.4 is 0 Å². The van der Waals surface area contributed by atoms with E-state index in [1.807, 2.05) is 12.1 Å². The van der Waals surface area contributed by atoms with Crippen molar-refractivity contribution in [1.82, 2.24) is 9.78 Å². The van der Waals surface area contributed by atoms with Gasteiger partial charge in [-0.05, 0) is 30.3 Å². The molecule has 4 aromatic rings. The van der Waals surface area contributed by atoms with E-state index in [2.05, 4.69) is 5.10 Å². The first kappa shape index (κ1) is 19.1. The Morgan fingerprint density at radius 1 is 0.867 bits per heavy atom. The van der Waals surface area contributed by atoms with Crippen LogP contribution in [-0.4, -0.2) is 39.8 Å². The molecule has 30 heavy (non-hydrogen) atoms. The van der Waals surface area contributed by atoms with Crippen molar-refractivity contribution in [3.8, 4) is 11.3 Å². The van der Waals surface area contributed by atoms with Crippen molar-refractivity contribution in [1.29, 1.82) is 0 Å². The van der Waals surface area contributed by atoms with Crippen LogP contribution in [-0.2, 0) is 4.74 Å². The van der Waals surface area contributed by atoms with Gasteiger partial charge in [0.1, 0.15) is 5.69 Å². The predicted octanol–water partition coefficient (Wildman–Crippen LogP) is 3.88. The number of carboxylic acids is 1. The number of esters is 1. The molecule has 1 aromatic heterocycles. The lowest BCUT2D eigenvalue weighted by molar-refractivity contribution is 0.0595. The number of carbonyl (C=O) groups excluding carboxylic acids is 2. The largest absolute Gasteiger partial charge is 0.478 e. The van der Waals surface area contributed by atoms with Crippen molar-refractivity contribution in [3.63, 3.8) is 0 Å². The summed E-state index contributed by atoms with van der Waals surface area (Å²) in [6, 6.07) is 19.9. The smallest absolute Gasteiger partial charge is 0.338 e. The van der Waals surface area contributed by atoms with Gasteiger partial charge in [0.05, 0.1) is 29.3 Å². The van der Waals surface area contributed by atoms with Crippen molar-refractivity contribution in [2.24, 2.45) is 0 Å². The second-order valence-electron chi connectivity index (χ2n) is 6.50. The van der Waals surface area contributed by atoms with Gasteiger partial charge >= 0.3 is 11.9 Å². The highest BCUT2D eigenvalue weighted by Crippen LogP contribution is 2.29. The maximum Gasteiger partial charge on any atom is 0.338 e. The van der Waals surface area contributed by atoms with Gasteiger partial charge in [0.15, 0.2) is 0 Å². The highest BCUT2D eigenvalue weighted by molar-refractivity contribution is 6.09. The van der Waals surface area contributed by atoms with Crippen LogP contribution in [0.2, 0.25) is 0 Å². The molecule has 1 heterocycles. The Morgan fingerprint density at radius 3 is 2.17 bits per heavy atom. The van der Waals surface area contributed by atoms with E-state index in [0.717, 1.165) is 5.39 Å². The average molecular weight is 400 g/mol. The summed E-state index contributed by atoms with van der Waals surface area (Å²) in [7, 11) is 1.26. The van der Waals surface area contributed by atoms with E-state index < -0.39 is 17.8 Å². The van der Waals surface area contributed by atoms with E-state index in [9.17, 15) is 14.4 Å². The normalized spacial score (nSPS) is 10.7. The van der Waals surface area contributed by atoms with Gasteiger partial charge in [-0.2, -0.15) is 9.78 Å². The third-order valence-corrected chi connectivity index (χ3v) is 4.75. The number of carbonyl (C=O) groups is 3. The van der Waals surface area contributed by atoms with Gasteiger partial charge in [-0.25, -0.2) is 9.59 Å². The Bertz CT molecular complexity index is 1290. The van der Waals surface area contributed by atoms with Crippen LogP contribution in [0.1, 0.15) is 31.1 Å². The number of rotatable bonds is 4. The number of ether oxygens (including phenoxy) is 1. The van der Waals surface area contributed by atoms with Gasteiger partial charge in [-0.3, -0.25) is 4.79 Å². The minimum absolute atomic E-state index is 0.150. The Labute approximate surface area is 171 Å². The highest BCUT2D eigenvalue weighted by Gasteiger charge is 2.22. The lowest BCUT2D eigenvalue weighted by atomic mass is 10.1. The van der Waals surface area contributed by atoms with Crippen LogP contribution in [0.4, 0.5) is 0 Å². The minimum atomic E-state index is -1.02. The summed E-state index contributed by atoms with van der Waals surface area (Å²) < 4.78 is 6.03. The second-order valence-corrected chi connectivity index (χ2v) is 6.50. The summed E-state index contributed by atoms with van der Waals surface area (Å²) in [5.74, 6) is -2.10. The van der Waals surface area contributed by atoms with Crippen molar-refractivity contribution in [3.05, 3.63) is 89.5 Å². The molecular weight excluding hydrogens is 384 g/mol. The lowest BCUT2D eigenvalue weighted by Gasteiger charge is -2.07. The fourth-order valence-electron chi connectivity index (χ4n) is 3.28. The zero-order chi connectivity index (χ0) is 21.3. The number of nitrogens with zero attached hydrogens (tertiary/aromatic N) is 2. The van der Waals surface area contributed by atoms with Crippen molar-refractivity contribution in [2.75, 3.05) is 7.11 Å². The Hall–Kier alpha value is -4.26. The van der Waals surface area contributed by atoms with Gasteiger partial charge < -0.3 is 9.84 Å². The van der Waals surface area contributed by atoms with Crippen LogP contribution in [0, 0.1) is 0 Å². The topological polar surface area (TPSA) is 98.5 Å². The van der Waals surface area contributed by atoms with Crippen LogP contribution in [0.3, 0.4) is 0 Å². The summed E-state index contributed by atoms with van der Waals surface area (Å²) in [6.45, 7) is 0. The third kappa shape index (κ3) is 3.22. The first-order valence-corrected chi connectivity index (χ1v) is 9.05. The molecule has 0 atom stereocenters. The molecule has 3 aromatic carbocycles. The van der Waals surface area contributed by atoms with E-state index in [-0.39, 0.29) is 16.7 Å². The SMILES string of the molecule is COC(=O)c1ccccc1C(=O)n1nc(-c2ccc(C(=O)O)cc2)c2ccccc21. The van der Waals surface area contributed by atoms with Gasteiger partial charge in [0.25, 0.3) is 5.91 Å². The molecule has 0 aliphatic carbocycles. The molecule has 0 bridgehead atoms. The molecule has 4 rings (SSSR count). The molecule has 0 spiro atoms. The van der Waals surface area contributed by atoms with E-state index in [1.165, 1.54) is 30.0 Å². The molecule has 7 nitrogen and oxygen atoms in total. The standard InChI is InChI=1S/C23H16N2O5/c1-30-23(29)17-7-3-2-6-16(17)21(26)25-19-9-5-4-8-18(19)20(24-25)14-10-12-15(13-11-14)22(27)28/h2-13H,1H3,(H,27,28). The molecule has 0 unspecified atom stereocenters. The fraction of sp³-hybridized carbons (Fsp3) is 0.0435. The molecule has 0 saturated carbocycles. The number of fused-ring (bicyclic) bond motifs is 1. The van der Waals surface area contributed by atoms with Gasteiger partial charge in [0.2, 0.25) is 0 Å². The van der Waals surface area contributed by atoms with Crippen LogP contribution in [0.25, 0.3) is 22.2 Å². The monoisotopic (exact) mass is 400 g/mol. The van der Waals surface area contributed by atoms with Gasteiger partial charge in [-0.1, -0.05) is 42.5 Å². The third-order valence-electron chi connectivity index (χ3n) is 4.75. The van der Waals surface area contributed by atoms with Crippen molar-refractivity contribution in [2.45, 2.75) is 0 Å². The second kappa shape index (κ2) is 7.63. The number of aromatic carboxylic acids is 1. The summed E-state index contributed by atoms with van der Waals surface area (Å²) in [4.78, 5) is 36.5. The molecule has 0 saturated heterocycles. The predicted molar refractivity (Wildman–Crippen MR) is 110 cm³/mol. The van der Waals surface area contributed by atoms with Crippen LogP contribution in [0.5, 0.6) is 0 Å². The Kier molecular flexibility index (Phi) is 4.85. The lowest BCUT2D eigenvalue weighted by Crippen LogP contribution is -2.18. The summed E-state index contributed by atoms with van der Waals surface area (Å²) in [5.41, 5.74) is 2.25. The van der Waals surface area contributed by atoms with E-state index in [1.54, 1.807) is 42.5 Å². The number of aromatic nitrogens is 2. The number of carboxylic acid groups (broad SMARTS) is 1. The van der Waals surface area contributed by atoms with Crippen LogP contribution in [0.15, 0.2) is 72.8 Å².